The fourth-order valence-corrected chi connectivity index (χ4v) is 3.86. The van der Waals surface area contributed by atoms with Gasteiger partial charge >= 0.3 is 12.3 Å². The fourth-order valence-electron chi connectivity index (χ4n) is 3.71. The van der Waals surface area contributed by atoms with Gasteiger partial charge in [0.1, 0.15) is 11.5 Å². The highest BCUT2D eigenvalue weighted by Gasteiger charge is 2.32. The molecule has 3 rings (SSSR count). The number of ether oxygens (including phenoxy) is 2. The summed E-state index contributed by atoms with van der Waals surface area (Å²) in [6.45, 7) is 0.109. The smallest absolute Gasteiger partial charge is 0.490 e. The van der Waals surface area contributed by atoms with E-state index in [-0.39, 0.29) is 41.6 Å². The average Bonchev–Trinajstić information content (AvgIpc) is 2.83. The first-order valence-corrected chi connectivity index (χ1v) is 11.5. The van der Waals surface area contributed by atoms with Crippen LogP contribution in [0, 0.1) is 5.92 Å². The molecular weight excluding hydrogens is 505 g/mol. The van der Waals surface area contributed by atoms with Crippen molar-refractivity contribution in [1.82, 2.24) is 10.6 Å². The highest BCUT2D eigenvalue weighted by atomic mass is 35.5. The van der Waals surface area contributed by atoms with Crippen LogP contribution in [-0.2, 0) is 4.79 Å². The summed E-state index contributed by atoms with van der Waals surface area (Å²) in [5.41, 5.74) is 0.284. The molecule has 0 radical (unpaired) electrons. The summed E-state index contributed by atoms with van der Waals surface area (Å²) in [6, 6.07) is 9.73. The third-order valence-corrected chi connectivity index (χ3v) is 5.87. The molecule has 2 amide bonds. The van der Waals surface area contributed by atoms with Gasteiger partial charge in [-0.05, 0) is 68.1 Å². The van der Waals surface area contributed by atoms with Crippen LogP contribution in [0.15, 0.2) is 42.5 Å². The van der Waals surface area contributed by atoms with Crippen molar-refractivity contribution in [2.45, 2.75) is 38.1 Å². The molecule has 1 fully saturated rings. The Hall–Kier alpha value is -3.47. The maximum absolute atomic E-state index is 12.4. The molecule has 0 unspecified atom stereocenters. The minimum atomic E-state index is -4.95. The molecule has 1 aliphatic carbocycles. The van der Waals surface area contributed by atoms with Gasteiger partial charge in [-0.2, -0.15) is 0 Å². The van der Waals surface area contributed by atoms with E-state index < -0.39 is 24.0 Å². The lowest BCUT2D eigenvalue weighted by molar-refractivity contribution is -0.274. The molecule has 36 heavy (non-hydrogen) atoms. The lowest BCUT2D eigenvalue weighted by atomic mass is 9.87. The Morgan fingerprint density at radius 2 is 1.47 bits per heavy atom. The Labute approximate surface area is 209 Å². The van der Waals surface area contributed by atoms with Gasteiger partial charge in [-0.15, -0.1) is 13.2 Å². The van der Waals surface area contributed by atoms with Crippen molar-refractivity contribution in [1.29, 1.82) is 0 Å². The van der Waals surface area contributed by atoms with E-state index in [0.717, 1.165) is 12.1 Å². The lowest BCUT2D eigenvalue weighted by Gasteiger charge is -2.26. The van der Waals surface area contributed by atoms with Crippen molar-refractivity contribution < 1.29 is 42.1 Å². The number of carboxylic acids is 1. The number of aliphatic carboxylic acids is 1. The normalized spacial score (nSPS) is 17.7. The van der Waals surface area contributed by atoms with Crippen molar-refractivity contribution in [2.24, 2.45) is 5.92 Å². The first-order valence-electron chi connectivity index (χ1n) is 11.1. The highest BCUT2D eigenvalue weighted by molar-refractivity contribution is 6.32. The van der Waals surface area contributed by atoms with E-state index in [1.165, 1.54) is 6.07 Å². The molecule has 0 bridgehead atoms. The van der Waals surface area contributed by atoms with E-state index >= 15 is 0 Å². The van der Waals surface area contributed by atoms with Crippen molar-refractivity contribution in [3.63, 3.8) is 0 Å². The zero-order valence-corrected chi connectivity index (χ0v) is 19.7. The highest BCUT2D eigenvalue weighted by Crippen LogP contribution is 2.31. The van der Waals surface area contributed by atoms with Crippen LogP contribution in [0.25, 0.3) is 0 Å². The predicted octanol–water partition coefficient (Wildman–Crippen LogP) is 4.42. The minimum absolute atomic E-state index is 0.0306. The maximum atomic E-state index is 12.4. The Morgan fingerprint density at radius 3 is 2.03 bits per heavy atom. The zero-order chi connectivity index (χ0) is 26.3. The van der Waals surface area contributed by atoms with Crippen LogP contribution in [0.2, 0.25) is 5.02 Å². The Kier molecular flexibility index (Phi) is 9.03. The summed E-state index contributed by atoms with van der Waals surface area (Å²) in [7, 11) is 0. The fraction of sp³-hybridized carbons (Fsp3) is 0.375. The maximum Gasteiger partial charge on any atom is 0.573 e. The standard InChI is InChI=1S/C24H24ClF3N2O6/c25-19-10-5-16(13-20(19)36-24(26,27)28)22(32)30-12-11-29-21(31)14-1-6-17(7-2-14)35-18-8-3-15(4-9-18)23(33)34/h1-2,5-7,10,13,15,18H,3-4,8-9,11-12H2,(H,29,31)(H,30,32)(H,33,34)/t15-,18+. The third-order valence-electron chi connectivity index (χ3n) is 5.56. The largest absolute Gasteiger partial charge is 0.573 e. The monoisotopic (exact) mass is 528 g/mol. The van der Waals surface area contributed by atoms with Crippen LogP contribution < -0.4 is 20.1 Å². The Morgan fingerprint density at radius 1 is 0.917 bits per heavy atom. The number of halogens is 4. The second-order valence-electron chi connectivity index (χ2n) is 8.16. The molecule has 12 heteroatoms. The molecule has 0 heterocycles. The number of rotatable bonds is 9. The summed E-state index contributed by atoms with van der Waals surface area (Å²) < 4.78 is 47.0. The number of nitrogens with one attached hydrogen (secondary N) is 2. The lowest BCUT2D eigenvalue weighted by Crippen LogP contribution is -2.34. The van der Waals surface area contributed by atoms with Crippen LogP contribution in [0.5, 0.6) is 11.5 Å². The van der Waals surface area contributed by atoms with Crippen LogP contribution in [-0.4, -0.2) is 48.4 Å². The van der Waals surface area contributed by atoms with Crippen LogP contribution in [0.3, 0.4) is 0 Å². The van der Waals surface area contributed by atoms with Gasteiger partial charge in [0.05, 0.1) is 17.0 Å². The van der Waals surface area contributed by atoms with Gasteiger partial charge in [0.2, 0.25) is 0 Å². The van der Waals surface area contributed by atoms with Crippen LogP contribution in [0.4, 0.5) is 13.2 Å². The van der Waals surface area contributed by atoms with Gasteiger partial charge in [0.15, 0.2) is 0 Å². The molecule has 2 aromatic rings. The molecule has 0 atom stereocenters. The first-order chi connectivity index (χ1) is 17.0. The van der Waals surface area contributed by atoms with E-state index in [9.17, 15) is 27.6 Å². The summed E-state index contributed by atoms with van der Waals surface area (Å²) in [4.78, 5) is 35.5. The second kappa shape index (κ2) is 12.0. The second-order valence-corrected chi connectivity index (χ2v) is 8.57. The summed E-state index contributed by atoms with van der Waals surface area (Å²) in [5, 5.41) is 13.9. The number of carbonyl (C=O) groups excluding carboxylic acids is 2. The molecule has 1 aliphatic rings. The summed E-state index contributed by atoms with van der Waals surface area (Å²) in [6.07, 6.45) is -2.58. The molecule has 3 N–H and O–H groups in total. The predicted molar refractivity (Wildman–Crippen MR) is 123 cm³/mol. The van der Waals surface area contributed by atoms with Crippen molar-refractivity contribution in [3.05, 3.63) is 58.6 Å². The van der Waals surface area contributed by atoms with Gasteiger partial charge in [-0.1, -0.05) is 11.6 Å². The topological polar surface area (TPSA) is 114 Å². The zero-order valence-electron chi connectivity index (χ0n) is 18.9. The van der Waals surface area contributed by atoms with Crippen LogP contribution in [0.1, 0.15) is 46.4 Å². The van der Waals surface area contributed by atoms with Gasteiger partial charge in [0, 0.05) is 24.2 Å². The number of alkyl halides is 3. The number of carboxylic acid groups (broad SMARTS) is 1. The third kappa shape index (κ3) is 8.04. The Bertz CT molecular complexity index is 1090. The van der Waals surface area contributed by atoms with Gasteiger partial charge < -0.3 is 25.2 Å². The molecule has 0 saturated heterocycles. The molecule has 1 saturated carbocycles. The number of amides is 2. The number of hydrogen-bond acceptors (Lipinski definition) is 5. The van der Waals surface area contributed by atoms with Crippen LogP contribution >= 0.6 is 11.6 Å². The quantitative estimate of drug-likeness (QED) is 0.415. The number of hydrogen-bond donors (Lipinski definition) is 3. The van der Waals surface area contributed by atoms with Crippen molar-refractivity contribution in [2.75, 3.05) is 13.1 Å². The van der Waals surface area contributed by atoms with E-state index in [1.54, 1.807) is 24.3 Å². The van der Waals surface area contributed by atoms with E-state index in [4.69, 9.17) is 21.4 Å². The van der Waals surface area contributed by atoms with Gasteiger partial charge in [0.25, 0.3) is 11.8 Å². The molecule has 8 nitrogen and oxygen atoms in total. The van der Waals surface area contributed by atoms with Crippen molar-refractivity contribution >= 4 is 29.4 Å². The molecule has 0 aliphatic heterocycles. The summed E-state index contributed by atoms with van der Waals surface area (Å²) in [5.74, 6) is -2.26. The minimum Gasteiger partial charge on any atom is -0.490 e. The van der Waals surface area contributed by atoms with E-state index in [2.05, 4.69) is 15.4 Å². The molecular formula is C24H24ClF3N2O6. The first kappa shape index (κ1) is 27.1. The number of carbonyl (C=O) groups is 3. The number of benzene rings is 2. The summed E-state index contributed by atoms with van der Waals surface area (Å²) >= 11 is 5.67. The molecule has 194 valence electrons. The van der Waals surface area contributed by atoms with Gasteiger partial charge in [-0.3, -0.25) is 14.4 Å². The average molecular weight is 529 g/mol. The van der Waals surface area contributed by atoms with Gasteiger partial charge in [-0.25, -0.2) is 0 Å². The van der Waals surface area contributed by atoms with E-state index in [1.807, 2.05) is 0 Å². The van der Waals surface area contributed by atoms with Crippen molar-refractivity contribution in [3.8, 4) is 11.5 Å². The molecule has 0 spiro atoms. The molecule has 0 aromatic heterocycles. The molecule has 2 aromatic carbocycles. The Balaban J connectivity index is 1.41. The SMILES string of the molecule is O=C(NCCNC(=O)c1ccc(Cl)c(OC(F)(F)F)c1)c1ccc(O[C@H]2CC[C@@H](C(=O)O)CC2)cc1. The van der Waals surface area contributed by atoms with E-state index in [0.29, 0.717) is 37.0 Å².